The van der Waals surface area contributed by atoms with Crippen LogP contribution in [0.5, 0.6) is 5.75 Å². The van der Waals surface area contributed by atoms with Gasteiger partial charge in [-0.3, -0.25) is 0 Å². The zero-order chi connectivity index (χ0) is 14.9. The Labute approximate surface area is 116 Å². The largest absolute Gasteiger partial charge is 0.483 e. The molecule has 0 saturated carbocycles. The molecule has 1 aliphatic rings. The van der Waals surface area contributed by atoms with Crippen molar-refractivity contribution in [3.05, 3.63) is 29.3 Å². The molecule has 1 aromatic rings. The lowest BCUT2D eigenvalue weighted by Gasteiger charge is -2.15. The third kappa shape index (κ3) is 3.67. The summed E-state index contributed by atoms with van der Waals surface area (Å²) in [5, 5.41) is 0. The summed E-state index contributed by atoms with van der Waals surface area (Å²) in [7, 11) is -3.15. The second kappa shape index (κ2) is 5.65. The molecule has 4 nitrogen and oxygen atoms in total. The number of hydrogen-bond acceptors (Lipinski definition) is 4. The van der Waals surface area contributed by atoms with E-state index in [1.54, 1.807) is 6.92 Å². The predicted molar refractivity (Wildman–Crippen MR) is 71.4 cm³/mol. The average Bonchev–Trinajstić information content (AvgIpc) is 2.62. The predicted octanol–water partition coefficient (Wildman–Crippen LogP) is 1.42. The molecule has 1 fully saturated rings. The van der Waals surface area contributed by atoms with Crippen molar-refractivity contribution in [1.29, 1.82) is 0 Å². The summed E-state index contributed by atoms with van der Waals surface area (Å²) in [5.74, 6) is -2.38. The number of halogens is 2. The van der Waals surface area contributed by atoms with Crippen LogP contribution in [0.4, 0.5) is 8.78 Å². The van der Waals surface area contributed by atoms with Crippen LogP contribution in [0.3, 0.4) is 0 Å². The number of sulfone groups is 1. The van der Waals surface area contributed by atoms with Gasteiger partial charge in [-0.05, 0) is 37.5 Å². The van der Waals surface area contributed by atoms with Crippen LogP contribution >= 0.6 is 0 Å². The fourth-order valence-corrected chi connectivity index (χ4v) is 3.82. The van der Waals surface area contributed by atoms with Crippen LogP contribution in [-0.2, 0) is 16.3 Å². The average molecular weight is 305 g/mol. The molecule has 1 saturated heterocycles. The van der Waals surface area contributed by atoms with Crippen molar-refractivity contribution in [2.75, 3.05) is 11.5 Å². The molecule has 0 radical (unpaired) electrons. The van der Waals surface area contributed by atoms with Crippen LogP contribution in [0.15, 0.2) is 12.1 Å². The number of ether oxygens (including phenoxy) is 1. The maximum atomic E-state index is 13.9. The standard InChI is InChI=1S/C13H17F2NO3S/c1-8(16)4-9-5-11(14)13(12(15)6-9)19-10-2-3-20(17,18)7-10/h5-6,8,10H,2-4,7,16H2,1H3. The lowest BCUT2D eigenvalue weighted by molar-refractivity contribution is 0.207. The van der Waals surface area contributed by atoms with E-state index >= 15 is 0 Å². The molecule has 1 aliphatic heterocycles. The quantitative estimate of drug-likeness (QED) is 0.913. The molecule has 0 aliphatic carbocycles. The van der Waals surface area contributed by atoms with Gasteiger partial charge in [0, 0.05) is 6.04 Å². The highest BCUT2D eigenvalue weighted by Crippen LogP contribution is 2.27. The first-order valence-electron chi connectivity index (χ1n) is 6.37. The highest BCUT2D eigenvalue weighted by atomic mass is 32.2. The summed E-state index contributed by atoms with van der Waals surface area (Å²) in [4.78, 5) is 0. The molecule has 0 aromatic heterocycles. The van der Waals surface area contributed by atoms with Crippen molar-refractivity contribution < 1.29 is 21.9 Å². The number of benzene rings is 1. The molecule has 0 amide bonds. The van der Waals surface area contributed by atoms with Crippen LogP contribution in [0, 0.1) is 11.6 Å². The summed E-state index contributed by atoms with van der Waals surface area (Å²) in [6.07, 6.45) is -0.0855. The molecule has 1 heterocycles. The molecule has 2 N–H and O–H groups in total. The maximum Gasteiger partial charge on any atom is 0.191 e. The van der Waals surface area contributed by atoms with Gasteiger partial charge >= 0.3 is 0 Å². The zero-order valence-electron chi connectivity index (χ0n) is 11.1. The van der Waals surface area contributed by atoms with Crippen LogP contribution < -0.4 is 10.5 Å². The Bertz CT molecular complexity index is 579. The van der Waals surface area contributed by atoms with E-state index in [2.05, 4.69) is 0 Å². The Morgan fingerprint density at radius 3 is 2.45 bits per heavy atom. The second-order valence-corrected chi connectivity index (χ2v) is 7.44. The normalized spacial score (nSPS) is 22.7. The molecule has 7 heteroatoms. The Morgan fingerprint density at radius 2 is 2.00 bits per heavy atom. The van der Waals surface area contributed by atoms with Crippen molar-refractivity contribution in [2.45, 2.75) is 31.9 Å². The minimum Gasteiger partial charge on any atom is -0.483 e. The first kappa shape index (κ1) is 15.2. The van der Waals surface area contributed by atoms with Gasteiger partial charge in [-0.2, -0.15) is 0 Å². The van der Waals surface area contributed by atoms with Crippen LogP contribution in [-0.4, -0.2) is 32.1 Å². The summed E-state index contributed by atoms with van der Waals surface area (Å²) in [5.41, 5.74) is 6.03. The van der Waals surface area contributed by atoms with E-state index < -0.39 is 33.3 Å². The van der Waals surface area contributed by atoms with E-state index in [9.17, 15) is 17.2 Å². The van der Waals surface area contributed by atoms with Gasteiger partial charge in [-0.15, -0.1) is 0 Å². The number of rotatable bonds is 4. The Hall–Kier alpha value is -1.21. The van der Waals surface area contributed by atoms with Gasteiger partial charge in [-0.25, -0.2) is 17.2 Å². The fourth-order valence-electron chi connectivity index (χ4n) is 2.24. The zero-order valence-corrected chi connectivity index (χ0v) is 11.9. The van der Waals surface area contributed by atoms with Gasteiger partial charge in [-0.1, -0.05) is 0 Å². The number of nitrogens with two attached hydrogens (primary N) is 1. The molecule has 20 heavy (non-hydrogen) atoms. The van der Waals surface area contributed by atoms with Crippen LogP contribution in [0.1, 0.15) is 18.9 Å². The number of hydrogen-bond donors (Lipinski definition) is 1. The van der Waals surface area contributed by atoms with Crippen LogP contribution in [0.25, 0.3) is 0 Å². The second-order valence-electron chi connectivity index (χ2n) is 5.21. The molecule has 2 rings (SSSR count). The molecular formula is C13H17F2NO3S. The summed E-state index contributed by atoms with van der Waals surface area (Å²) in [6, 6.07) is 2.14. The van der Waals surface area contributed by atoms with E-state index in [0.717, 1.165) is 0 Å². The summed E-state index contributed by atoms with van der Waals surface area (Å²) in [6.45, 7) is 1.74. The lowest BCUT2D eigenvalue weighted by atomic mass is 10.1. The Morgan fingerprint density at radius 1 is 1.40 bits per heavy atom. The van der Waals surface area contributed by atoms with E-state index in [4.69, 9.17) is 10.5 Å². The first-order chi connectivity index (χ1) is 9.27. The van der Waals surface area contributed by atoms with Gasteiger partial charge in [0.2, 0.25) is 0 Å². The third-order valence-electron chi connectivity index (χ3n) is 3.09. The molecule has 0 bridgehead atoms. The minimum absolute atomic E-state index is 0.0102. The van der Waals surface area contributed by atoms with Gasteiger partial charge in [0.15, 0.2) is 27.2 Å². The van der Waals surface area contributed by atoms with E-state index in [0.29, 0.717) is 12.0 Å². The SMILES string of the molecule is CC(N)Cc1cc(F)c(OC2CCS(=O)(=O)C2)c(F)c1. The molecule has 112 valence electrons. The molecule has 2 unspecified atom stereocenters. The molecule has 1 aromatic carbocycles. The van der Waals surface area contributed by atoms with Crippen molar-refractivity contribution in [3.8, 4) is 5.75 Å². The van der Waals surface area contributed by atoms with Gasteiger partial charge in [0.05, 0.1) is 11.5 Å². The van der Waals surface area contributed by atoms with Gasteiger partial charge in [0.25, 0.3) is 0 Å². The van der Waals surface area contributed by atoms with Gasteiger partial charge in [0.1, 0.15) is 6.10 Å². The highest BCUT2D eigenvalue weighted by Gasteiger charge is 2.30. The van der Waals surface area contributed by atoms with E-state index in [-0.39, 0.29) is 24.0 Å². The van der Waals surface area contributed by atoms with E-state index in [1.165, 1.54) is 12.1 Å². The third-order valence-corrected chi connectivity index (χ3v) is 4.83. The monoisotopic (exact) mass is 305 g/mol. The minimum atomic E-state index is -3.15. The van der Waals surface area contributed by atoms with Crippen molar-refractivity contribution in [1.82, 2.24) is 0 Å². The Kier molecular flexibility index (Phi) is 4.29. The summed E-state index contributed by atoms with van der Waals surface area (Å²) >= 11 is 0. The lowest BCUT2D eigenvalue weighted by Crippen LogP contribution is -2.20. The topological polar surface area (TPSA) is 69.4 Å². The maximum absolute atomic E-state index is 13.9. The van der Waals surface area contributed by atoms with Crippen molar-refractivity contribution in [2.24, 2.45) is 5.73 Å². The fraction of sp³-hybridized carbons (Fsp3) is 0.538. The summed E-state index contributed by atoms with van der Waals surface area (Å²) < 4.78 is 55.5. The molecule has 2 atom stereocenters. The van der Waals surface area contributed by atoms with Crippen LogP contribution in [0.2, 0.25) is 0 Å². The smallest absolute Gasteiger partial charge is 0.191 e. The molecule has 0 spiro atoms. The van der Waals surface area contributed by atoms with E-state index in [1.807, 2.05) is 0 Å². The Balaban J connectivity index is 2.16. The first-order valence-corrected chi connectivity index (χ1v) is 8.19. The molecular weight excluding hydrogens is 288 g/mol. The van der Waals surface area contributed by atoms with Gasteiger partial charge < -0.3 is 10.5 Å². The highest BCUT2D eigenvalue weighted by molar-refractivity contribution is 7.91. The van der Waals surface area contributed by atoms with Crippen molar-refractivity contribution >= 4 is 9.84 Å². The van der Waals surface area contributed by atoms with Crippen molar-refractivity contribution in [3.63, 3.8) is 0 Å².